The monoisotopic (exact) mass is 129 g/mol. The van der Waals surface area contributed by atoms with Crippen molar-refractivity contribution in [3.63, 3.8) is 0 Å². The summed E-state index contributed by atoms with van der Waals surface area (Å²) in [5.74, 6) is 0. The molecule has 0 fully saturated rings. The molecule has 1 nitrogen and oxygen atoms in total. The van der Waals surface area contributed by atoms with Gasteiger partial charge in [0.1, 0.15) is 10.9 Å². The molecule has 0 bridgehead atoms. The summed E-state index contributed by atoms with van der Waals surface area (Å²) >= 11 is 1.46. The molecule has 0 aliphatic rings. The number of nitrogens with zero attached hydrogens (tertiary/aromatic N) is 1. The van der Waals surface area contributed by atoms with E-state index >= 15 is 0 Å². The van der Waals surface area contributed by atoms with Gasteiger partial charge in [-0.25, -0.2) is 0 Å². The average Bonchev–Trinajstić information content (AvgIpc) is 2.14. The van der Waals surface area contributed by atoms with E-state index in [0.717, 1.165) is 4.88 Å². The van der Waals surface area contributed by atoms with Gasteiger partial charge in [0.15, 0.2) is 0 Å². The standard InChI is InChI=1S/C5H3NS.FH/c6-4-5-2-1-3-7-5;/h1-3H;1H. The lowest BCUT2D eigenvalue weighted by Gasteiger charge is -1.62. The summed E-state index contributed by atoms with van der Waals surface area (Å²) in [6.07, 6.45) is 0. The Hall–Kier alpha value is -0.880. The number of hydrogen-bond donors (Lipinski definition) is 0. The lowest BCUT2D eigenvalue weighted by molar-refractivity contribution is 1.11. The summed E-state index contributed by atoms with van der Waals surface area (Å²) in [5, 5.41) is 10.1. The minimum Gasteiger partial charge on any atom is -0.269 e. The maximum atomic E-state index is 8.19. The summed E-state index contributed by atoms with van der Waals surface area (Å²) < 4.78 is 0. The van der Waals surface area contributed by atoms with Gasteiger partial charge < -0.3 is 0 Å². The van der Waals surface area contributed by atoms with Crippen LogP contribution in [-0.2, 0) is 0 Å². The fraction of sp³-hybridized carbons (Fsp3) is 0. The molecule has 1 heterocycles. The molecule has 0 aliphatic carbocycles. The molecule has 0 spiro atoms. The highest BCUT2D eigenvalue weighted by molar-refractivity contribution is 7.10. The molecule has 8 heavy (non-hydrogen) atoms. The quantitative estimate of drug-likeness (QED) is 0.523. The smallest absolute Gasteiger partial charge is 0.110 e. The summed E-state index contributed by atoms with van der Waals surface area (Å²) in [6.45, 7) is 0. The molecule has 1 rings (SSSR count). The Morgan fingerprint density at radius 2 is 2.38 bits per heavy atom. The van der Waals surface area contributed by atoms with E-state index in [4.69, 9.17) is 5.26 Å². The SMILES string of the molecule is F.N#Cc1cccs1. The Morgan fingerprint density at radius 3 is 2.62 bits per heavy atom. The van der Waals surface area contributed by atoms with E-state index in [1.807, 2.05) is 17.5 Å². The van der Waals surface area contributed by atoms with Crippen molar-refractivity contribution in [1.29, 1.82) is 5.26 Å². The molecule has 0 aromatic carbocycles. The zero-order valence-corrected chi connectivity index (χ0v) is 4.81. The van der Waals surface area contributed by atoms with Crippen molar-refractivity contribution in [2.75, 3.05) is 0 Å². The lowest BCUT2D eigenvalue weighted by atomic mass is 10.5. The molecule has 1 aromatic rings. The van der Waals surface area contributed by atoms with Gasteiger partial charge in [-0.3, -0.25) is 4.70 Å². The van der Waals surface area contributed by atoms with Crippen LogP contribution in [0, 0.1) is 11.3 Å². The molecular formula is C5H4FNS. The first kappa shape index (κ1) is 7.12. The Labute approximate surface area is 50.6 Å². The van der Waals surface area contributed by atoms with Crippen molar-refractivity contribution in [2.24, 2.45) is 0 Å². The second-order valence-corrected chi connectivity index (χ2v) is 2.04. The van der Waals surface area contributed by atoms with Crippen LogP contribution >= 0.6 is 11.3 Å². The zero-order chi connectivity index (χ0) is 5.11. The van der Waals surface area contributed by atoms with Gasteiger partial charge >= 0.3 is 0 Å². The van der Waals surface area contributed by atoms with Crippen LogP contribution in [0.2, 0.25) is 0 Å². The van der Waals surface area contributed by atoms with Crippen molar-refractivity contribution >= 4 is 11.3 Å². The first-order chi connectivity index (χ1) is 3.43. The number of hydrogen-bond acceptors (Lipinski definition) is 2. The van der Waals surface area contributed by atoms with Crippen molar-refractivity contribution in [3.8, 4) is 6.07 Å². The predicted octanol–water partition coefficient (Wildman–Crippen LogP) is 1.77. The second-order valence-electron chi connectivity index (χ2n) is 1.09. The summed E-state index contributed by atoms with van der Waals surface area (Å²) in [6, 6.07) is 5.69. The van der Waals surface area contributed by atoms with Crippen molar-refractivity contribution in [1.82, 2.24) is 0 Å². The Balaban J connectivity index is 0.000000490. The van der Waals surface area contributed by atoms with Gasteiger partial charge in [0.2, 0.25) is 0 Å². The highest BCUT2D eigenvalue weighted by Crippen LogP contribution is 2.04. The van der Waals surface area contributed by atoms with Gasteiger partial charge in [0.25, 0.3) is 0 Å². The van der Waals surface area contributed by atoms with E-state index in [9.17, 15) is 0 Å². The van der Waals surface area contributed by atoms with Crippen molar-refractivity contribution in [3.05, 3.63) is 22.4 Å². The minimum atomic E-state index is 0. The normalized spacial score (nSPS) is 6.88. The molecule has 0 atom stereocenters. The largest absolute Gasteiger partial charge is 0.269 e. The third-order valence-electron chi connectivity index (χ3n) is 0.631. The molecular weight excluding hydrogens is 125 g/mol. The molecule has 0 N–H and O–H groups in total. The first-order valence-corrected chi connectivity index (χ1v) is 2.75. The second kappa shape index (κ2) is 3.16. The average molecular weight is 129 g/mol. The highest BCUT2D eigenvalue weighted by atomic mass is 32.1. The third kappa shape index (κ3) is 1.32. The third-order valence-corrected chi connectivity index (χ3v) is 1.41. The van der Waals surface area contributed by atoms with Crippen LogP contribution in [-0.4, -0.2) is 0 Å². The summed E-state index contributed by atoms with van der Waals surface area (Å²) in [4.78, 5) is 0.778. The molecule has 0 saturated heterocycles. The van der Waals surface area contributed by atoms with E-state index < -0.39 is 0 Å². The molecule has 0 aliphatic heterocycles. The fourth-order valence-electron chi connectivity index (χ4n) is 0.342. The maximum Gasteiger partial charge on any atom is 0.110 e. The van der Waals surface area contributed by atoms with Crippen LogP contribution in [0.3, 0.4) is 0 Å². The van der Waals surface area contributed by atoms with E-state index in [1.54, 1.807) is 6.07 Å². The Bertz CT molecular complexity index is 175. The lowest BCUT2D eigenvalue weighted by Crippen LogP contribution is -1.50. The van der Waals surface area contributed by atoms with Crippen molar-refractivity contribution in [2.45, 2.75) is 0 Å². The van der Waals surface area contributed by atoms with E-state index in [-0.39, 0.29) is 4.70 Å². The highest BCUT2D eigenvalue weighted by Gasteiger charge is 1.82. The van der Waals surface area contributed by atoms with E-state index in [2.05, 4.69) is 0 Å². The van der Waals surface area contributed by atoms with Crippen LogP contribution in [0.1, 0.15) is 4.88 Å². The predicted molar refractivity (Wildman–Crippen MR) is 31.5 cm³/mol. The molecule has 3 heteroatoms. The van der Waals surface area contributed by atoms with Crippen LogP contribution < -0.4 is 0 Å². The Kier molecular flexibility index (Phi) is 2.82. The molecule has 1 aromatic heterocycles. The van der Waals surface area contributed by atoms with Gasteiger partial charge in [-0.1, -0.05) is 6.07 Å². The number of rotatable bonds is 0. The van der Waals surface area contributed by atoms with Gasteiger partial charge in [-0.05, 0) is 11.4 Å². The molecule has 0 unspecified atom stereocenters. The van der Waals surface area contributed by atoms with Crippen LogP contribution in [0.5, 0.6) is 0 Å². The fourth-order valence-corrected chi connectivity index (χ4v) is 0.856. The molecule has 42 valence electrons. The minimum absolute atomic E-state index is 0. The molecule has 0 amide bonds. The van der Waals surface area contributed by atoms with Gasteiger partial charge in [-0.2, -0.15) is 5.26 Å². The van der Waals surface area contributed by atoms with Crippen LogP contribution in [0.25, 0.3) is 0 Å². The molecule has 0 saturated carbocycles. The van der Waals surface area contributed by atoms with E-state index in [1.165, 1.54) is 11.3 Å². The number of thiophene rings is 1. The van der Waals surface area contributed by atoms with Gasteiger partial charge in [0.05, 0.1) is 0 Å². The zero-order valence-electron chi connectivity index (χ0n) is 4.00. The van der Waals surface area contributed by atoms with Gasteiger partial charge in [0, 0.05) is 0 Å². The van der Waals surface area contributed by atoms with Crippen LogP contribution in [0.4, 0.5) is 4.70 Å². The summed E-state index contributed by atoms with van der Waals surface area (Å²) in [5.41, 5.74) is 0. The van der Waals surface area contributed by atoms with E-state index in [0.29, 0.717) is 0 Å². The first-order valence-electron chi connectivity index (χ1n) is 1.87. The summed E-state index contributed by atoms with van der Waals surface area (Å²) in [7, 11) is 0. The van der Waals surface area contributed by atoms with Crippen molar-refractivity contribution < 1.29 is 4.70 Å². The number of nitriles is 1. The Morgan fingerprint density at radius 1 is 1.62 bits per heavy atom. The topological polar surface area (TPSA) is 23.8 Å². The molecule has 0 radical (unpaired) electrons. The van der Waals surface area contributed by atoms with Crippen LogP contribution in [0.15, 0.2) is 17.5 Å². The maximum absolute atomic E-state index is 8.19. The van der Waals surface area contributed by atoms with Gasteiger partial charge in [-0.15, -0.1) is 11.3 Å². The number of halogens is 1.